The predicted octanol–water partition coefficient (Wildman–Crippen LogP) is 3.94. The molecule has 28 heavy (non-hydrogen) atoms. The Morgan fingerprint density at radius 3 is 2.57 bits per heavy atom. The van der Waals surface area contributed by atoms with Gasteiger partial charge in [0.05, 0.1) is 5.52 Å². The number of rotatable bonds is 8. The molecule has 0 aliphatic rings. The number of fused-ring (bicyclic) bond motifs is 1. The number of nitrogens with one attached hydrogen (secondary N) is 1. The lowest BCUT2D eigenvalue weighted by Crippen LogP contribution is -2.37. The normalized spacial score (nSPS) is 11.7. The molecule has 1 aromatic heterocycles. The Morgan fingerprint density at radius 1 is 1.04 bits per heavy atom. The molecular weight excluding hydrogens is 356 g/mol. The molecular formula is C22H22N2O4. The van der Waals surface area contributed by atoms with E-state index in [-0.39, 0.29) is 19.1 Å². The van der Waals surface area contributed by atoms with Crippen LogP contribution in [0.2, 0.25) is 0 Å². The maximum atomic E-state index is 12.2. The predicted molar refractivity (Wildman–Crippen MR) is 106 cm³/mol. The number of nitrogens with zero attached hydrogens (tertiary/aromatic N) is 1. The largest absolute Gasteiger partial charge is 0.481 e. The Hall–Kier alpha value is -3.41. The summed E-state index contributed by atoms with van der Waals surface area (Å²) in [5.41, 5.74) is 2.76. The third-order valence-electron chi connectivity index (χ3n) is 4.45. The van der Waals surface area contributed by atoms with Gasteiger partial charge in [0, 0.05) is 24.0 Å². The van der Waals surface area contributed by atoms with Crippen molar-refractivity contribution in [3.05, 3.63) is 78.0 Å². The highest BCUT2D eigenvalue weighted by Crippen LogP contribution is 2.19. The van der Waals surface area contributed by atoms with Crippen molar-refractivity contribution in [2.24, 2.45) is 0 Å². The quantitative estimate of drug-likeness (QED) is 0.620. The average Bonchev–Trinajstić information content (AvgIpc) is 2.71. The van der Waals surface area contributed by atoms with Crippen LogP contribution in [0.25, 0.3) is 10.9 Å². The monoisotopic (exact) mass is 378 g/mol. The first kappa shape index (κ1) is 19.4. The molecule has 0 spiro atoms. The zero-order valence-electron chi connectivity index (χ0n) is 15.4. The molecule has 6 nitrogen and oxygen atoms in total. The van der Waals surface area contributed by atoms with Gasteiger partial charge in [-0.15, -0.1) is 0 Å². The van der Waals surface area contributed by atoms with Crippen molar-refractivity contribution in [3.8, 4) is 0 Å². The number of benzene rings is 2. The van der Waals surface area contributed by atoms with Gasteiger partial charge >= 0.3 is 12.1 Å². The molecule has 1 heterocycles. The zero-order chi connectivity index (χ0) is 19.8. The summed E-state index contributed by atoms with van der Waals surface area (Å²) in [5.74, 6) is -0.899. The van der Waals surface area contributed by atoms with Crippen molar-refractivity contribution < 1.29 is 19.4 Å². The fraction of sp³-hybridized carbons (Fsp3) is 0.227. The number of carboxylic acid groups (broad SMARTS) is 1. The fourth-order valence-electron chi connectivity index (χ4n) is 3.05. The number of aliphatic carboxylic acids is 1. The van der Waals surface area contributed by atoms with Gasteiger partial charge in [0.1, 0.15) is 6.61 Å². The van der Waals surface area contributed by atoms with Crippen LogP contribution >= 0.6 is 0 Å². The second kappa shape index (κ2) is 9.50. The van der Waals surface area contributed by atoms with E-state index in [4.69, 9.17) is 9.84 Å². The molecule has 0 saturated carbocycles. The van der Waals surface area contributed by atoms with Crippen LogP contribution in [-0.4, -0.2) is 28.2 Å². The van der Waals surface area contributed by atoms with E-state index in [0.29, 0.717) is 12.8 Å². The lowest BCUT2D eigenvalue weighted by molar-refractivity contribution is -0.137. The molecule has 0 bridgehead atoms. The van der Waals surface area contributed by atoms with Gasteiger partial charge in [-0.2, -0.15) is 0 Å². The molecule has 0 aliphatic carbocycles. The van der Waals surface area contributed by atoms with Crippen molar-refractivity contribution >= 4 is 23.0 Å². The Bertz CT molecular complexity index is 938. The number of alkyl carbamates (subject to hydrolysis) is 1. The minimum Gasteiger partial charge on any atom is -0.481 e. The lowest BCUT2D eigenvalue weighted by Gasteiger charge is -2.19. The van der Waals surface area contributed by atoms with Crippen molar-refractivity contribution in [2.75, 3.05) is 0 Å². The number of hydrogen-bond acceptors (Lipinski definition) is 4. The number of aromatic nitrogens is 1. The van der Waals surface area contributed by atoms with E-state index in [9.17, 15) is 9.59 Å². The first-order valence-electron chi connectivity index (χ1n) is 9.13. The number of ether oxygens (including phenoxy) is 1. The van der Waals surface area contributed by atoms with E-state index >= 15 is 0 Å². The summed E-state index contributed by atoms with van der Waals surface area (Å²) in [6.45, 7) is 0.163. The van der Waals surface area contributed by atoms with Crippen LogP contribution in [0.15, 0.2) is 66.9 Å². The molecule has 0 saturated heterocycles. The summed E-state index contributed by atoms with van der Waals surface area (Å²) >= 11 is 0. The summed E-state index contributed by atoms with van der Waals surface area (Å²) in [5, 5.41) is 12.8. The highest BCUT2D eigenvalue weighted by Gasteiger charge is 2.17. The van der Waals surface area contributed by atoms with E-state index in [2.05, 4.69) is 10.3 Å². The summed E-state index contributed by atoms with van der Waals surface area (Å²) in [7, 11) is 0. The minimum absolute atomic E-state index is 0.0351. The topological polar surface area (TPSA) is 88.5 Å². The second-order valence-electron chi connectivity index (χ2n) is 6.53. The highest BCUT2D eigenvalue weighted by molar-refractivity contribution is 5.82. The fourth-order valence-corrected chi connectivity index (χ4v) is 3.05. The van der Waals surface area contributed by atoms with Gasteiger partial charge in [-0.3, -0.25) is 9.78 Å². The number of pyridine rings is 1. The summed E-state index contributed by atoms with van der Waals surface area (Å²) in [6, 6.07) is 18.7. The standard InChI is InChI=1S/C22H22N2O4/c25-21(26)11-10-18(24-22(27)28-15-16-6-2-1-3-7-16)14-17-12-13-23-20-9-5-4-8-19(17)20/h1-9,12-13,18H,10-11,14-15H2,(H,24,27)(H,25,26). The van der Waals surface area contributed by atoms with Crippen molar-refractivity contribution in [1.82, 2.24) is 10.3 Å². The van der Waals surface area contributed by atoms with Gasteiger partial charge in [-0.1, -0.05) is 48.5 Å². The van der Waals surface area contributed by atoms with Gasteiger partial charge in [-0.25, -0.2) is 4.79 Å². The molecule has 0 radical (unpaired) electrons. The number of carbonyl (C=O) groups is 2. The Balaban J connectivity index is 1.67. The first-order chi connectivity index (χ1) is 13.6. The zero-order valence-corrected chi connectivity index (χ0v) is 15.4. The van der Waals surface area contributed by atoms with Crippen LogP contribution in [0.4, 0.5) is 4.79 Å². The maximum absolute atomic E-state index is 12.2. The summed E-state index contributed by atoms with van der Waals surface area (Å²) < 4.78 is 5.28. The van der Waals surface area contributed by atoms with Gasteiger partial charge < -0.3 is 15.2 Å². The molecule has 0 aliphatic heterocycles. The van der Waals surface area contributed by atoms with Crippen LogP contribution < -0.4 is 5.32 Å². The van der Waals surface area contributed by atoms with Crippen molar-refractivity contribution in [3.63, 3.8) is 0 Å². The molecule has 2 N–H and O–H groups in total. The van der Waals surface area contributed by atoms with Crippen LogP contribution in [0.5, 0.6) is 0 Å². The van der Waals surface area contributed by atoms with Crippen molar-refractivity contribution in [2.45, 2.75) is 31.9 Å². The molecule has 0 fully saturated rings. The van der Waals surface area contributed by atoms with Crippen molar-refractivity contribution in [1.29, 1.82) is 0 Å². The third kappa shape index (κ3) is 5.54. The number of hydrogen-bond donors (Lipinski definition) is 2. The number of carbonyl (C=O) groups excluding carboxylic acids is 1. The van der Waals surface area contributed by atoms with E-state index in [1.807, 2.05) is 60.7 Å². The first-order valence-corrected chi connectivity index (χ1v) is 9.13. The van der Waals surface area contributed by atoms with Crippen LogP contribution in [-0.2, 0) is 22.6 Å². The smallest absolute Gasteiger partial charge is 0.407 e. The Labute approximate surface area is 163 Å². The molecule has 144 valence electrons. The average molecular weight is 378 g/mol. The molecule has 3 aromatic rings. The molecule has 6 heteroatoms. The molecule has 3 rings (SSSR count). The minimum atomic E-state index is -0.899. The molecule has 2 aromatic carbocycles. The summed E-state index contributed by atoms with van der Waals surface area (Å²) in [6.07, 6.45) is 1.94. The lowest BCUT2D eigenvalue weighted by atomic mass is 9.99. The summed E-state index contributed by atoms with van der Waals surface area (Å²) in [4.78, 5) is 27.6. The van der Waals surface area contributed by atoms with Crippen LogP contribution in [0, 0.1) is 0 Å². The Kier molecular flexibility index (Phi) is 6.57. The SMILES string of the molecule is O=C(O)CCC(Cc1ccnc2ccccc12)NC(=O)OCc1ccccc1. The third-order valence-corrected chi connectivity index (χ3v) is 4.45. The van der Waals surface area contributed by atoms with E-state index < -0.39 is 12.1 Å². The molecule has 1 amide bonds. The van der Waals surface area contributed by atoms with E-state index in [1.54, 1.807) is 6.20 Å². The highest BCUT2D eigenvalue weighted by atomic mass is 16.5. The molecule has 1 atom stereocenters. The second-order valence-corrected chi connectivity index (χ2v) is 6.53. The van der Waals surface area contributed by atoms with E-state index in [0.717, 1.165) is 22.0 Å². The Morgan fingerprint density at radius 2 is 1.79 bits per heavy atom. The maximum Gasteiger partial charge on any atom is 0.407 e. The van der Waals surface area contributed by atoms with Gasteiger partial charge in [-0.05, 0) is 36.1 Å². The van der Waals surface area contributed by atoms with Crippen LogP contribution in [0.1, 0.15) is 24.0 Å². The van der Waals surface area contributed by atoms with Crippen LogP contribution in [0.3, 0.4) is 0 Å². The van der Waals surface area contributed by atoms with Gasteiger partial charge in [0.15, 0.2) is 0 Å². The number of carboxylic acids is 1. The number of amides is 1. The van der Waals surface area contributed by atoms with E-state index in [1.165, 1.54) is 0 Å². The number of para-hydroxylation sites is 1. The van der Waals surface area contributed by atoms with Gasteiger partial charge in [0.25, 0.3) is 0 Å². The molecule has 1 unspecified atom stereocenters. The van der Waals surface area contributed by atoms with Gasteiger partial charge in [0.2, 0.25) is 0 Å².